The Morgan fingerprint density at radius 1 is 1.12 bits per heavy atom. The summed E-state index contributed by atoms with van der Waals surface area (Å²) in [6.45, 7) is 0. The lowest BCUT2D eigenvalue weighted by Crippen LogP contribution is -2.34. The Bertz CT molecular complexity index is 333. The van der Waals surface area contributed by atoms with Crippen LogP contribution < -0.4 is 0 Å². The van der Waals surface area contributed by atoms with E-state index in [1.54, 1.807) is 0 Å². The van der Waals surface area contributed by atoms with Crippen molar-refractivity contribution in [3.63, 3.8) is 0 Å². The fraction of sp³-hybridized carbons (Fsp3) is 0.462. The van der Waals surface area contributed by atoms with Crippen LogP contribution in [0.2, 0.25) is 0 Å². The van der Waals surface area contributed by atoms with Gasteiger partial charge in [0.15, 0.2) is 6.29 Å². The van der Waals surface area contributed by atoms with Crippen LogP contribution in [0.3, 0.4) is 0 Å². The quantitative estimate of drug-likeness (QED) is 0.558. The van der Waals surface area contributed by atoms with E-state index in [4.69, 9.17) is 14.2 Å². The molecule has 1 unspecified atom stereocenters. The van der Waals surface area contributed by atoms with Gasteiger partial charge in [-0.3, -0.25) is 4.79 Å². The monoisotopic (exact) mass is 238 g/mol. The van der Waals surface area contributed by atoms with Crippen LogP contribution in [0.1, 0.15) is 5.56 Å². The molecule has 0 fully saturated rings. The molecule has 94 valence electrons. The van der Waals surface area contributed by atoms with Gasteiger partial charge in [0.25, 0.3) is 0 Å². The van der Waals surface area contributed by atoms with Gasteiger partial charge < -0.3 is 14.2 Å². The number of rotatable bonds is 6. The molecular weight excluding hydrogens is 220 g/mol. The zero-order valence-corrected chi connectivity index (χ0v) is 10.4. The van der Waals surface area contributed by atoms with Crippen molar-refractivity contribution in [3.8, 4) is 0 Å². The van der Waals surface area contributed by atoms with Gasteiger partial charge in [-0.1, -0.05) is 30.3 Å². The van der Waals surface area contributed by atoms with Gasteiger partial charge in [0, 0.05) is 14.2 Å². The van der Waals surface area contributed by atoms with Crippen molar-refractivity contribution in [2.24, 2.45) is 5.92 Å². The third kappa shape index (κ3) is 3.84. The van der Waals surface area contributed by atoms with Gasteiger partial charge in [-0.05, 0) is 12.0 Å². The molecule has 1 aromatic carbocycles. The number of ether oxygens (including phenoxy) is 3. The predicted octanol–water partition coefficient (Wildman–Crippen LogP) is 1.64. The lowest BCUT2D eigenvalue weighted by Gasteiger charge is -2.22. The summed E-state index contributed by atoms with van der Waals surface area (Å²) in [5, 5.41) is 0. The van der Waals surface area contributed by atoms with E-state index < -0.39 is 12.2 Å². The molecule has 0 spiro atoms. The molecule has 0 bridgehead atoms. The highest BCUT2D eigenvalue weighted by atomic mass is 16.7. The van der Waals surface area contributed by atoms with Crippen LogP contribution in [0.4, 0.5) is 0 Å². The predicted molar refractivity (Wildman–Crippen MR) is 63.5 cm³/mol. The molecule has 0 radical (unpaired) electrons. The smallest absolute Gasteiger partial charge is 0.314 e. The third-order valence-electron chi connectivity index (χ3n) is 2.60. The third-order valence-corrected chi connectivity index (χ3v) is 2.60. The lowest BCUT2D eigenvalue weighted by atomic mass is 9.99. The van der Waals surface area contributed by atoms with Gasteiger partial charge in [-0.2, -0.15) is 0 Å². The summed E-state index contributed by atoms with van der Waals surface area (Å²) in [5.74, 6) is -0.792. The van der Waals surface area contributed by atoms with E-state index in [9.17, 15) is 4.79 Å². The maximum atomic E-state index is 11.7. The van der Waals surface area contributed by atoms with E-state index >= 15 is 0 Å². The largest absolute Gasteiger partial charge is 0.469 e. The van der Waals surface area contributed by atoms with E-state index in [-0.39, 0.29) is 5.97 Å². The minimum atomic E-state index is -0.595. The van der Waals surface area contributed by atoms with Crippen LogP contribution in [-0.2, 0) is 25.4 Å². The second-order valence-electron chi connectivity index (χ2n) is 3.66. The van der Waals surface area contributed by atoms with E-state index in [0.717, 1.165) is 5.56 Å². The van der Waals surface area contributed by atoms with E-state index in [0.29, 0.717) is 6.42 Å². The SMILES string of the molecule is COC(=O)C(Cc1ccccc1)C(OC)OC. The molecule has 0 aliphatic rings. The van der Waals surface area contributed by atoms with Gasteiger partial charge in [-0.25, -0.2) is 0 Å². The number of hydrogen-bond acceptors (Lipinski definition) is 4. The average Bonchev–Trinajstić information content (AvgIpc) is 2.39. The average molecular weight is 238 g/mol. The Kier molecular flexibility index (Phi) is 5.66. The van der Waals surface area contributed by atoms with Crippen LogP contribution in [0.25, 0.3) is 0 Å². The van der Waals surface area contributed by atoms with Crippen molar-refractivity contribution < 1.29 is 19.0 Å². The molecule has 0 heterocycles. The highest BCUT2D eigenvalue weighted by Crippen LogP contribution is 2.17. The van der Waals surface area contributed by atoms with Crippen LogP contribution in [0.15, 0.2) is 30.3 Å². The molecule has 1 atom stereocenters. The van der Waals surface area contributed by atoms with Crippen LogP contribution in [0, 0.1) is 5.92 Å². The van der Waals surface area contributed by atoms with Gasteiger partial charge >= 0.3 is 5.97 Å². The van der Waals surface area contributed by atoms with Crippen molar-refractivity contribution in [3.05, 3.63) is 35.9 Å². The van der Waals surface area contributed by atoms with Crippen molar-refractivity contribution in [1.82, 2.24) is 0 Å². The number of methoxy groups -OCH3 is 3. The number of benzene rings is 1. The molecule has 4 nitrogen and oxygen atoms in total. The van der Waals surface area contributed by atoms with E-state index in [2.05, 4.69) is 0 Å². The summed E-state index contributed by atoms with van der Waals surface area (Å²) in [4.78, 5) is 11.7. The molecule has 1 rings (SSSR count). The Balaban J connectivity index is 2.80. The molecule has 0 saturated carbocycles. The van der Waals surface area contributed by atoms with Crippen molar-refractivity contribution in [1.29, 1.82) is 0 Å². The van der Waals surface area contributed by atoms with Gasteiger partial charge in [-0.15, -0.1) is 0 Å². The number of carbonyl (C=O) groups is 1. The molecule has 0 amide bonds. The van der Waals surface area contributed by atoms with Crippen LogP contribution in [-0.4, -0.2) is 33.6 Å². The molecule has 17 heavy (non-hydrogen) atoms. The molecule has 1 aromatic rings. The number of esters is 1. The fourth-order valence-corrected chi connectivity index (χ4v) is 1.73. The Hall–Kier alpha value is -1.39. The van der Waals surface area contributed by atoms with Gasteiger partial charge in [0.2, 0.25) is 0 Å². The Labute approximate surface area is 101 Å². The maximum Gasteiger partial charge on any atom is 0.314 e. The molecule has 0 aliphatic heterocycles. The maximum absolute atomic E-state index is 11.7. The summed E-state index contributed by atoms with van der Waals surface area (Å²) in [6.07, 6.45) is -0.0671. The Morgan fingerprint density at radius 2 is 1.71 bits per heavy atom. The van der Waals surface area contributed by atoms with Gasteiger partial charge in [0.1, 0.15) is 5.92 Å². The van der Waals surface area contributed by atoms with E-state index in [1.165, 1.54) is 21.3 Å². The summed E-state index contributed by atoms with van der Waals surface area (Å²) in [7, 11) is 4.38. The highest BCUT2D eigenvalue weighted by molar-refractivity contribution is 5.73. The standard InChI is InChI=1S/C13H18O4/c1-15-12(14)11(13(16-2)17-3)9-10-7-5-4-6-8-10/h4-8,11,13H,9H2,1-3H3. The van der Waals surface area contributed by atoms with Crippen molar-refractivity contribution >= 4 is 5.97 Å². The first-order valence-electron chi connectivity index (χ1n) is 5.40. The minimum absolute atomic E-state index is 0.331. The first kappa shape index (κ1) is 13.7. The molecular formula is C13H18O4. The lowest BCUT2D eigenvalue weighted by molar-refractivity contribution is -0.174. The number of carbonyl (C=O) groups excluding carboxylic acids is 1. The highest BCUT2D eigenvalue weighted by Gasteiger charge is 2.29. The zero-order chi connectivity index (χ0) is 12.7. The summed E-state index contributed by atoms with van der Waals surface area (Å²) < 4.78 is 15.0. The molecule has 0 N–H and O–H groups in total. The zero-order valence-electron chi connectivity index (χ0n) is 10.4. The fourth-order valence-electron chi connectivity index (χ4n) is 1.73. The minimum Gasteiger partial charge on any atom is -0.469 e. The second-order valence-corrected chi connectivity index (χ2v) is 3.66. The first-order chi connectivity index (χ1) is 8.22. The van der Waals surface area contributed by atoms with Crippen molar-refractivity contribution in [2.75, 3.05) is 21.3 Å². The summed E-state index contributed by atoms with van der Waals surface area (Å²) in [5.41, 5.74) is 1.04. The normalized spacial score (nSPS) is 12.5. The molecule has 0 aliphatic carbocycles. The first-order valence-corrected chi connectivity index (χ1v) is 5.40. The summed E-state index contributed by atoms with van der Waals surface area (Å²) in [6, 6.07) is 9.70. The molecule has 0 aromatic heterocycles. The number of hydrogen-bond donors (Lipinski definition) is 0. The topological polar surface area (TPSA) is 44.8 Å². The molecule has 0 saturated heterocycles. The Morgan fingerprint density at radius 3 is 2.18 bits per heavy atom. The van der Waals surface area contributed by atoms with Gasteiger partial charge in [0.05, 0.1) is 7.11 Å². The van der Waals surface area contributed by atoms with Crippen molar-refractivity contribution in [2.45, 2.75) is 12.7 Å². The van der Waals surface area contributed by atoms with E-state index in [1.807, 2.05) is 30.3 Å². The van der Waals surface area contributed by atoms with Crippen LogP contribution >= 0.6 is 0 Å². The van der Waals surface area contributed by atoms with Crippen LogP contribution in [0.5, 0.6) is 0 Å². The second kappa shape index (κ2) is 7.04. The molecule has 4 heteroatoms. The summed E-state index contributed by atoms with van der Waals surface area (Å²) >= 11 is 0.